The first-order valence-electron chi connectivity index (χ1n) is 6.40. The second-order valence-electron chi connectivity index (χ2n) is 4.51. The minimum atomic E-state index is -0.350. The number of anilines is 1. The summed E-state index contributed by atoms with van der Waals surface area (Å²) in [7, 11) is 1.63. The fourth-order valence-corrected chi connectivity index (χ4v) is 2.02. The zero-order chi connectivity index (χ0) is 14.4. The maximum absolute atomic E-state index is 11.3. The maximum Gasteiger partial charge on any atom is 0.236 e. The predicted octanol–water partition coefficient (Wildman–Crippen LogP) is 2.19. The van der Waals surface area contributed by atoms with E-state index in [1.54, 1.807) is 7.11 Å². The van der Waals surface area contributed by atoms with E-state index < -0.39 is 0 Å². The molecule has 0 aliphatic rings. The number of carbonyl (C=O) groups excluding carboxylic acids is 1. The molecule has 0 unspecified atom stereocenters. The van der Waals surface area contributed by atoms with Crippen LogP contribution >= 0.6 is 0 Å². The summed E-state index contributed by atoms with van der Waals surface area (Å²) in [5, 5.41) is 0. The SMILES string of the molecule is COc1ccc(N(CC(N)=O)Cc2ccccc2)cc1. The summed E-state index contributed by atoms with van der Waals surface area (Å²) in [5.74, 6) is 0.434. The van der Waals surface area contributed by atoms with Crippen molar-refractivity contribution in [2.75, 3.05) is 18.6 Å². The number of benzene rings is 2. The number of carbonyl (C=O) groups is 1. The Bertz CT molecular complexity index is 552. The zero-order valence-electron chi connectivity index (χ0n) is 11.5. The lowest BCUT2D eigenvalue weighted by Gasteiger charge is -2.23. The van der Waals surface area contributed by atoms with E-state index in [9.17, 15) is 4.79 Å². The molecule has 0 fully saturated rings. The van der Waals surface area contributed by atoms with Gasteiger partial charge in [-0.3, -0.25) is 4.79 Å². The number of rotatable bonds is 6. The van der Waals surface area contributed by atoms with Crippen LogP contribution in [0, 0.1) is 0 Å². The average molecular weight is 270 g/mol. The topological polar surface area (TPSA) is 55.6 Å². The lowest BCUT2D eigenvalue weighted by Crippen LogP contribution is -2.33. The molecule has 0 spiro atoms. The third-order valence-corrected chi connectivity index (χ3v) is 3.00. The largest absolute Gasteiger partial charge is 0.497 e. The van der Waals surface area contributed by atoms with E-state index in [1.807, 2.05) is 59.5 Å². The van der Waals surface area contributed by atoms with Gasteiger partial charge < -0.3 is 15.4 Å². The number of hydrogen-bond donors (Lipinski definition) is 1. The number of methoxy groups -OCH3 is 1. The van der Waals surface area contributed by atoms with Crippen LogP contribution in [0.15, 0.2) is 54.6 Å². The summed E-state index contributed by atoms with van der Waals surface area (Å²) in [6.07, 6.45) is 0. The molecule has 0 heterocycles. The van der Waals surface area contributed by atoms with Gasteiger partial charge in [0.25, 0.3) is 0 Å². The second kappa shape index (κ2) is 6.61. The molecule has 0 saturated heterocycles. The molecule has 0 radical (unpaired) electrons. The fraction of sp³-hybridized carbons (Fsp3) is 0.188. The van der Waals surface area contributed by atoms with Crippen LogP contribution in [0.3, 0.4) is 0 Å². The molecule has 0 bridgehead atoms. The maximum atomic E-state index is 11.3. The molecule has 2 N–H and O–H groups in total. The highest BCUT2D eigenvalue weighted by atomic mass is 16.5. The van der Waals surface area contributed by atoms with E-state index in [2.05, 4.69) is 0 Å². The van der Waals surface area contributed by atoms with Crippen LogP contribution in [0.5, 0.6) is 5.75 Å². The molecular weight excluding hydrogens is 252 g/mol. The van der Waals surface area contributed by atoms with Crippen LogP contribution in [0.1, 0.15) is 5.56 Å². The second-order valence-corrected chi connectivity index (χ2v) is 4.51. The van der Waals surface area contributed by atoms with Crippen LogP contribution < -0.4 is 15.4 Å². The first-order chi connectivity index (χ1) is 9.69. The number of primary amides is 1. The van der Waals surface area contributed by atoms with Gasteiger partial charge >= 0.3 is 0 Å². The number of ether oxygens (including phenoxy) is 1. The van der Waals surface area contributed by atoms with Crippen molar-refractivity contribution in [3.05, 3.63) is 60.2 Å². The first-order valence-corrected chi connectivity index (χ1v) is 6.40. The van der Waals surface area contributed by atoms with Crippen molar-refractivity contribution in [1.29, 1.82) is 0 Å². The van der Waals surface area contributed by atoms with Gasteiger partial charge in [-0.15, -0.1) is 0 Å². The van der Waals surface area contributed by atoms with Gasteiger partial charge in [0.05, 0.1) is 13.7 Å². The van der Waals surface area contributed by atoms with Crippen molar-refractivity contribution >= 4 is 11.6 Å². The molecule has 1 amide bonds. The Hall–Kier alpha value is -2.49. The van der Waals surface area contributed by atoms with Crippen molar-refractivity contribution in [3.63, 3.8) is 0 Å². The summed E-state index contributed by atoms with van der Waals surface area (Å²) in [4.78, 5) is 13.2. The number of nitrogens with two attached hydrogens (primary N) is 1. The highest BCUT2D eigenvalue weighted by Gasteiger charge is 2.10. The molecule has 0 aromatic heterocycles. The van der Waals surface area contributed by atoms with Gasteiger partial charge in [0.15, 0.2) is 0 Å². The summed E-state index contributed by atoms with van der Waals surface area (Å²) in [5.41, 5.74) is 7.40. The molecule has 0 atom stereocenters. The summed E-state index contributed by atoms with van der Waals surface area (Å²) < 4.78 is 5.14. The number of nitrogens with zero attached hydrogens (tertiary/aromatic N) is 1. The molecule has 0 saturated carbocycles. The average Bonchev–Trinajstić information content (AvgIpc) is 2.47. The molecule has 2 rings (SSSR count). The standard InChI is InChI=1S/C16H18N2O2/c1-20-15-9-7-14(8-10-15)18(12-16(17)19)11-13-5-3-2-4-6-13/h2-10H,11-12H2,1H3,(H2,17,19). The lowest BCUT2D eigenvalue weighted by atomic mass is 10.2. The van der Waals surface area contributed by atoms with Crippen LogP contribution in [-0.4, -0.2) is 19.6 Å². The monoisotopic (exact) mass is 270 g/mol. The Balaban J connectivity index is 2.19. The van der Waals surface area contributed by atoms with Crippen LogP contribution in [-0.2, 0) is 11.3 Å². The van der Waals surface area contributed by atoms with Gasteiger partial charge in [0.1, 0.15) is 5.75 Å². The van der Waals surface area contributed by atoms with E-state index in [1.165, 1.54) is 0 Å². The molecule has 4 nitrogen and oxygen atoms in total. The van der Waals surface area contributed by atoms with Crippen LogP contribution in [0.25, 0.3) is 0 Å². The third kappa shape index (κ3) is 3.75. The Morgan fingerprint density at radius 1 is 1.10 bits per heavy atom. The predicted molar refractivity (Wildman–Crippen MR) is 79.7 cm³/mol. The van der Waals surface area contributed by atoms with E-state index in [0.717, 1.165) is 17.0 Å². The van der Waals surface area contributed by atoms with Gasteiger partial charge in [0, 0.05) is 12.2 Å². The number of hydrogen-bond acceptors (Lipinski definition) is 3. The minimum Gasteiger partial charge on any atom is -0.497 e. The Labute approximate surface area is 118 Å². The van der Waals surface area contributed by atoms with Crippen molar-refractivity contribution in [1.82, 2.24) is 0 Å². The van der Waals surface area contributed by atoms with Crippen molar-refractivity contribution in [3.8, 4) is 5.75 Å². The lowest BCUT2D eigenvalue weighted by molar-refractivity contribution is -0.116. The van der Waals surface area contributed by atoms with Gasteiger partial charge in [0.2, 0.25) is 5.91 Å². The Kier molecular flexibility index (Phi) is 4.60. The minimum absolute atomic E-state index is 0.182. The quantitative estimate of drug-likeness (QED) is 0.875. The number of amides is 1. The van der Waals surface area contributed by atoms with E-state index in [-0.39, 0.29) is 12.5 Å². The molecular formula is C16H18N2O2. The van der Waals surface area contributed by atoms with E-state index >= 15 is 0 Å². The van der Waals surface area contributed by atoms with Gasteiger partial charge in [-0.1, -0.05) is 30.3 Å². The molecule has 4 heteroatoms. The third-order valence-electron chi connectivity index (χ3n) is 3.00. The van der Waals surface area contributed by atoms with Gasteiger partial charge in [-0.05, 0) is 29.8 Å². The molecule has 104 valence electrons. The molecule has 2 aromatic rings. The molecule has 2 aromatic carbocycles. The van der Waals surface area contributed by atoms with E-state index in [4.69, 9.17) is 10.5 Å². The molecule has 20 heavy (non-hydrogen) atoms. The van der Waals surface area contributed by atoms with Crippen molar-refractivity contribution in [2.24, 2.45) is 5.73 Å². The molecule has 0 aliphatic heterocycles. The Morgan fingerprint density at radius 3 is 2.30 bits per heavy atom. The smallest absolute Gasteiger partial charge is 0.236 e. The highest BCUT2D eigenvalue weighted by molar-refractivity contribution is 5.79. The normalized spacial score (nSPS) is 10.1. The van der Waals surface area contributed by atoms with Gasteiger partial charge in [-0.25, -0.2) is 0 Å². The summed E-state index contributed by atoms with van der Waals surface area (Å²) in [6, 6.07) is 17.6. The fourth-order valence-electron chi connectivity index (χ4n) is 2.02. The zero-order valence-corrected chi connectivity index (χ0v) is 11.5. The van der Waals surface area contributed by atoms with Gasteiger partial charge in [-0.2, -0.15) is 0 Å². The molecule has 0 aliphatic carbocycles. The van der Waals surface area contributed by atoms with Crippen LogP contribution in [0.4, 0.5) is 5.69 Å². The Morgan fingerprint density at radius 2 is 1.75 bits per heavy atom. The highest BCUT2D eigenvalue weighted by Crippen LogP contribution is 2.20. The van der Waals surface area contributed by atoms with Crippen molar-refractivity contribution in [2.45, 2.75) is 6.54 Å². The summed E-state index contributed by atoms with van der Waals surface area (Å²) in [6.45, 7) is 0.817. The summed E-state index contributed by atoms with van der Waals surface area (Å²) >= 11 is 0. The van der Waals surface area contributed by atoms with Crippen LogP contribution in [0.2, 0.25) is 0 Å². The van der Waals surface area contributed by atoms with Crippen molar-refractivity contribution < 1.29 is 9.53 Å². The first kappa shape index (κ1) is 13.9. The van der Waals surface area contributed by atoms with E-state index in [0.29, 0.717) is 6.54 Å².